The Kier molecular flexibility index (Phi) is 5.77. The van der Waals surface area contributed by atoms with E-state index < -0.39 is 5.97 Å². The maximum atomic E-state index is 12.8. The van der Waals surface area contributed by atoms with Crippen LogP contribution in [-0.2, 0) is 14.4 Å². The van der Waals surface area contributed by atoms with Crippen molar-refractivity contribution in [2.75, 3.05) is 5.75 Å². The van der Waals surface area contributed by atoms with Crippen molar-refractivity contribution in [1.82, 2.24) is 0 Å². The molecule has 28 heavy (non-hydrogen) atoms. The second-order valence-electron chi connectivity index (χ2n) is 9.15. The third-order valence-electron chi connectivity index (χ3n) is 7.64. The maximum absolute atomic E-state index is 12.8. The Hall–Kier alpha value is -1.62. The van der Waals surface area contributed by atoms with E-state index in [9.17, 15) is 14.4 Å². The number of fused-ring (bicyclic) bond motifs is 1. The average Bonchev–Trinajstić information content (AvgIpc) is 2.62. The number of carboxylic acid groups (broad SMARTS) is 1. The Morgan fingerprint density at radius 1 is 1.21 bits per heavy atom. The predicted molar refractivity (Wildman–Crippen MR) is 112 cm³/mol. The molecule has 0 unspecified atom stereocenters. The standard InChI is InChI=1S/C23H30O4S/c1-14-6-5-7-20-22(14,3)9-8-15(2)23(20,4)12-16-10-18(25)19(11-17(16)24)28-13-21(26)27/h6,10-11,15,20H,5,7-9,12-13H2,1-4H3,(H,26,27)/t15-,20+,22+,23+/m0/s1. The summed E-state index contributed by atoms with van der Waals surface area (Å²) in [5.74, 6) is -0.623. The smallest absolute Gasteiger partial charge is 0.313 e. The molecule has 0 aliphatic heterocycles. The number of hydrogen-bond acceptors (Lipinski definition) is 4. The molecule has 3 aliphatic rings. The molecule has 0 radical (unpaired) electrons. The van der Waals surface area contributed by atoms with Crippen LogP contribution in [0.15, 0.2) is 34.3 Å². The normalized spacial score (nSPS) is 35.6. The van der Waals surface area contributed by atoms with E-state index in [-0.39, 0.29) is 33.1 Å². The largest absolute Gasteiger partial charge is 0.481 e. The van der Waals surface area contributed by atoms with Gasteiger partial charge in [0.2, 0.25) is 0 Å². The summed E-state index contributed by atoms with van der Waals surface area (Å²) in [6.45, 7) is 9.20. The fraction of sp³-hybridized carbons (Fsp3) is 0.609. The van der Waals surface area contributed by atoms with Crippen LogP contribution in [0.4, 0.5) is 0 Å². The molecule has 0 amide bonds. The molecule has 152 valence electrons. The summed E-state index contributed by atoms with van der Waals surface area (Å²) in [5, 5.41) is 8.82. The zero-order chi connectivity index (χ0) is 20.7. The van der Waals surface area contributed by atoms with Gasteiger partial charge in [0, 0.05) is 11.6 Å². The summed E-state index contributed by atoms with van der Waals surface area (Å²) in [5.41, 5.74) is 2.17. The molecule has 0 saturated heterocycles. The summed E-state index contributed by atoms with van der Waals surface area (Å²) >= 11 is 0.922. The molecule has 3 rings (SSSR count). The Morgan fingerprint density at radius 3 is 2.61 bits per heavy atom. The summed E-state index contributed by atoms with van der Waals surface area (Å²) in [7, 11) is 0. The number of thioether (sulfide) groups is 1. The fourth-order valence-electron chi connectivity index (χ4n) is 5.59. The molecule has 3 aliphatic carbocycles. The highest BCUT2D eigenvalue weighted by Crippen LogP contribution is 2.62. The first-order valence-corrected chi connectivity index (χ1v) is 11.1. The zero-order valence-electron chi connectivity index (χ0n) is 17.2. The van der Waals surface area contributed by atoms with E-state index in [0.717, 1.165) is 31.0 Å². The highest BCUT2D eigenvalue weighted by molar-refractivity contribution is 8.04. The topological polar surface area (TPSA) is 71.4 Å². The molecule has 1 fully saturated rings. The minimum Gasteiger partial charge on any atom is -0.481 e. The van der Waals surface area contributed by atoms with Gasteiger partial charge in [-0.05, 0) is 67.8 Å². The van der Waals surface area contributed by atoms with Crippen LogP contribution in [0, 0.1) is 22.7 Å². The van der Waals surface area contributed by atoms with Crippen molar-refractivity contribution >= 4 is 29.3 Å². The molecule has 4 nitrogen and oxygen atoms in total. The van der Waals surface area contributed by atoms with E-state index in [1.54, 1.807) is 0 Å². The van der Waals surface area contributed by atoms with E-state index in [1.807, 2.05) is 0 Å². The van der Waals surface area contributed by atoms with Crippen molar-refractivity contribution in [3.8, 4) is 0 Å². The Bertz CT molecular complexity index is 805. The van der Waals surface area contributed by atoms with Gasteiger partial charge in [-0.2, -0.15) is 0 Å². The monoisotopic (exact) mass is 402 g/mol. The first-order valence-electron chi connectivity index (χ1n) is 10.1. The van der Waals surface area contributed by atoms with Crippen molar-refractivity contribution in [2.24, 2.45) is 22.7 Å². The van der Waals surface area contributed by atoms with Crippen molar-refractivity contribution in [3.05, 3.63) is 34.3 Å². The molecule has 4 atom stereocenters. The molecule has 0 spiro atoms. The van der Waals surface area contributed by atoms with Gasteiger partial charge < -0.3 is 5.11 Å². The van der Waals surface area contributed by atoms with E-state index in [0.29, 0.717) is 23.8 Å². The van der Waals surface area contributed by atoms with Crippen LogP contribution in [0.3, 0.4) is 0 Å². The number of ketones is 2. The van der Waals surface area contributed by atoms with Crippen LogP contribution in [0.1, 0.15) is 59.8 Å². The summed E-state index contributed by atoms with van der Waals surface area (Å²) < 4.78 is 0. The molecule has 0 aromatic carbocycles. The van der Waals surface area contributed by atoms with Crippen molar-refractivity contribution < 1.29 is 19.5 Å². The van der Waals surface area contributed by atoms with Crippen LogP contribution in [0.5, 0.6) is 0 Å². The van der Waals surface area contributed by atoms with Gasteiger partial charge in [-0.15, -0.1) is 11.8 Å². The number of carbonyl (C=O) groups excluding carboxylic acids is 2. The maximum Gasteiger partial charge on any atom is 0.313 e. The lowest BCUT2D eigenvalue weighted by molar-refractivity contribution is -0.133. The highest BCUT2D eigenvalue weighted by atomic mass is 32.2. The molecule has 0 heterocycles. The minimum absolute atomic E-state index is 0.0379. The molecule has 0 bridgehead atoms. The van der Waals surface area contributed by atoms with E-state index >= 15 is 0 Å². The van der Waals surface area contributed by atoms with Gasteiger partial charge in [0.05, 0.1) is 10.7 Å². The lowest BCUT2D eigenvalue weighted by atomic mass is 9.46. The first-order chi connectivity index (χ1) is 13.1. The molecular weight excluding hydrogens is 372 g/mol. The van der Waals surface area contributed by atoms with Crippen LogP contribution in [0.25, 0.3) is 0 Å². The fourth-order valence-corrected chi connectivity index (χ4v) is 6.26. The molecule has 1 saturated carbocycles. The predicted octanol–water partition coefficient (Wildman–Crippen LogP) is 4.96. The van der Waals surface area contributed by atoms with Gasteiger partial charge >= 0.3 is 5.97 Å². The first kappa shape index (κ1) is 21.1. The lowest BCUT2D eigenvalue weighted by Crippen LogP contribution is -2.50. The van der Waals surface area contributed by atoms with Crippen LogP contribution in [0.2, 0.25) is 0 Å². The minimum atomic E-state index is -0.996. The lowest BCUT2D eigenvalue weighted by Gasteiger charge is -2.58. The molecular formula is C23H30O4S. The summed E-state index contributed by atoms with van der Waals surface area (Å²) in [6.07, 6.45) is 10.3. The zero-order valence-corrected chi connectivity index (χ0v) is 18.0. The second-order valence-corrected chi connectivity index (χ2v) is 10.2. The van der Waals surface area contributed by atoms with E-state index in [4.69, 9.17) is 5.11 Å². The number of hydrogen-bond donors (Lipinski definition) is 1. The molecule has 1 N–H and O–H groups in total. The van der Waals surface area contributed by atoms with Gasteiger partial charge in [0.25, 0.3) is 0 Å². The molecule has 5 heteroatoms. The Balaban J connectivity index is 1.85. The van der Waals surface area contributed by atoms with Crippen LogP contribution in [-0.4, -0.2) is 28.4 Å². The van der Waals surface area contributed by atoms with Crippen molar-refractivity contribution in [1.29, 1.82) is 0 Å². The SMILES string of the molecule is CC1=CCC[C@H]2[C@](C)(CC3=CC(=O)C(SCC(=O)O)=CC3=O)[C@@H](C)CC[C@]12C. The second kappa shape index (κ2) is 7.66. The van der Waals surface area contributed by atoms with Gasteiger partial charge in [0.1, 0.15) is 0 Å². The number of allylic oxidation sites excluding steroid dienone is 6. The van der Waals surface area contributed by atoms with Gasteiger partial charge in [-0.25, -0.2) is 0 Å². The number of carbonyl (C=O) groups is 3. The van der Waals surface area contributed by atoms with E-state index in [2.05, 4.69) is 33.8 Å². The van der Waals surface area contributed by atoms with E-state index in [1.165, 1.54) is 24.1 Å². The summed E-state index contributed by atoms with van der Waals surface area (Å²) in [4.78, 5) is 36.2. The average molecular weight is 403 g/mol. The quantitative estimate of drug-likeness (QED) is 0.520. The molecule has 0 aromatic rings. The number of carboxylic acids is 1. The van der Waals surface area contributed by atoms with Crippen LogP contribution >= 0.6 is 11.8 Å². The molecule has 0 aromatic heterocycles. The van der Waals surface area contributed by atoms with Crippen molar-refractivity contribution in [3.63, 3.8) is 0 Å². The third kappa shape index (κ3) is 3.66. The number of aliphatic carboxylic acids is 1. The Labute approximate surface area is 171 Å². The van der Waals surface area contributed by atoms with Crippen LogP contribution < -0.4 is 0 Å². The van der Waals surface area contributed by atoms with Crippen molar-refractivity contribution in [2.45, 2.75) is 59.8 Å². The van der Waals surface area contributed by atoms with Gasteiger partial charge in [0.15, 0.2) is 11.6 Å². The van der Waals surface area contributed by atoms with Gasteiger partial charge in [-0.1, -0.05) is 32.4 Å². The highest BCUT2D eigenvalue weighted by Gasteiger charge is 2.53. The van der Waals surface area contributed by atoms with Gasteiger partial charge in [-0.3, -0.25) is 14.4 Å². The summed E-state index contributed by atoms with van der Waals surface area (Å²) in [6, 6.07) is 0. The number of rotatable bonds is 5. The Morgan fingerprint density at radius 2 is 1.93 bits per heavy atom. The third-order valence-corrected chi connectivity index (χ3v) is 8.66.